The van der Waals surface area contributed by atoms with Crippen molar-refractivity contribution in [1.82, 2.24) is 4.98 Å². The standard InChI is InChI=1S/C14H11F3N2O2/c1-8-2-3-10(5-12(8)14(15,16)17)19-13(21)9-4-11(20)7-18-6-9/h2-7,20H,1H3,(H,19,21). The average Bonchev–Trinajstić information content (AvgIpc) is 2.39. The van der Waals surface area contributed by atoms with Gasteiger partial charge in [-0.25, -0.2) is 0 Å². The molecule has 2 N–H and O–H groups in total. The van der Waals surface area contributed by atoms with Crippen LogP contribution >= 0.6 is 0 Å². The van der Waals surface area contributed by atoms with Crippen LogP contribution in [0.1, 0.15) is 21.5 Å². The second-order valence-corrected chi connectivity index (χ2v) is 4.41. The number of benzene rings is 1. The van der Waals surface area contributed by atoms with Crippen LogP contribution < -0.4 is 5.32 Å². The van der Waals surface area contributed by atoms with Crippen LogP contribution in [0.2, 0.25) is 0 Å². The lowest BCUT2D eigenvalue weighted by Crippen LogP contribution is -2.14. The van der Waals surface area contributed by atoms with Crippen LogP contribution in [0.5, 0.6) is 5.75 Å². The Kier molecular flexibility index (Phi) is 3.84. The first-order valence-electron chi connectivity index (χ1n) is 5.90. The smallest absolute Gasteiger partial charge is 0.416 e. The van der Waals surface area contributed by atoms with Crippen molar-refractivity contribution in [2.45, 2.75) is 13.1 Å². The molecule has 2 rings (SSSR count). The molecular weight excluding hydrogens is 285 g/mol. The number of hydrogen-bond acceptors (Lipinski definition) is 3. The summed E-state index contributed by atoms with van der Waals surface area (Å²) in [5.74, 6) is -0.863. The Morgan fingerprint density at radius 3 is 2.57 bits per heavy atom. The van der Waals surface area contributed by atoms with Crippen LogP contribution in [0.15, 0.2) is 36.7 Å². The molecule has 4 nitrogen and oxygen atoms in total. The van der Waals surface area contributed by atoms with E-state index < -0.39 is 17.6 Å². The molecule has 0 bridgehead atoms. The highest BCUT2D eigenvalue weighted by molar-refractivity contribution is 6.04. The Balaban J connectivity index is 2.26. The quantitative estimate of drug-likeness (QED) is 0.893. The maximum atomic E-state index is 12.8. The van der Waals surface area contributed by atoms with Gasteiger partial charge in [-0.2, -0.15) is 13.2 Å². The van der Waals surface area contributed by atoms with Crippen LogP contribution in [0.25, 0.3) is 0 Å². The lowest BCUT2D eigenvalue weighted by molar-refractivity contribution is -0.138. The van der Waals surface area contributed by atoms with Crippen molar-refractivity contribution < 1.29 is 23.1 Å². The average molecular weight is 296 g/mol. The van der Waals surface area contributed by atoms with E-state index in [4.69, 9.17) is 0 Å². The molecule has 1 aromatic carbocycles. The molecule has 0 fully saturated rings. The SMILES string of the molecule is Cc1ccc(NC(=O)c2cncc(O)c2)cc1C(F)(F)F. The second-order valence-electron chi connectivity index (χ2n) is 4.41. The number of amides is 1. The number of anilines is 1. The van der Waals surface area contributed by atoms with Crippen LogP contribution in [-0.2, 0) is 6.18 Å². The molecule has 1 aromatic heterocycles. The van der Waals surface area contributed by atoms with Crippen molar-refractivity contribution in [3.63, 3.8) is 0 Å². The number of alkyl halides is 3. The van der Waals surface area contributed by atoms with E-state index in [1.165, 1.54) is 31.3 Å². The molecule has 0 saturated heterocycles. The van der Waals surface area contributed by atoms with Gasteiger partial charge in [-0.3, -0.25) is 9.78 Å². The van der Waals surface area contributed by atoms with E-state index in [1.807, 2.05) is 0 Å². The van der Waals surface area contributed by atoms with Gasteiger partial charge < -0.3 is 10.4 Å². The Hall–Kier alpha value is -2.57. The summed E-state index contributed by atoms with van der Waals surface area (Å²) in [5, 5.41) is 11.6. The molecule has 0 aliphatic rings. The molecule has 0 aliphatic carbocycles. The number of carbonyl (C=O) groups is 1. The number of aromatic hydroxyl groups is 1. The van der Waals surface area contributed by atoms with Crippen molar-refractivity contribution in [2.24, 2.45) is 0 Å². The van der Waals surface area contributed by atoms with Crippen molar-refractivity contribution in [2.75, 3.05) is 5.32 Å². The molecule has 21 heavy (non-hydrogen) atoms. The highest BCUT2D eigenvalue weighted by Crippen LogP contribution is 2.33. The molecule has 0 unspecified atom stereocenters. The van der Waals surface area contributed by atoms with Gasteiger partial charge in [-0.15, -0.1) is 0 Å². The van der Waals surface area contributed by atoms with Gasteiger partial charge in [0.05, 0.1) is 17.3 Å². The molecule has 0 aliphatic heterocycles. The number of aromatic nitrogens is 1. The van der Waals surface area contributed by atoms with Crippen molar-refractivity contribution in [3.05, 3.63) is 53.3 Å². The minimum atomic E-state index is -4.49. The van der Waals surface area contributed by atoms with E-state index in [9.17, 15) is 23.1 Å². The molecule has 0 spiro atoms. The normalized spacial score (nSPS) is 11.2. The second kappa shape index (κ2) is 5.43. The van der Waals surface area contributed by atoms with Crippen LogP contribution in [0, 0.1) is 6.92 Å². The predicted octanol–water partition coefficient (Wildman–Crippen LogP) is 3.37. The topological polar surface area (TPSA) is 62.2 Å². The van der Waals surface area contributed by atoms with E-state index in [-0.39, 0.29) is 22.6 Å². The Morgan fingerprint density at radius 1 is 1.24 bits per heavy atom. The Labute approximate surface area is 118 Å². The fourth-order valence-corrected chi connectivity index (χ4v) is 1.76. The van der Waals surface area contributed by atoms with Crippen molar-refractivity contribution >= 4 is 11.6 Å². The van der Waals surface area contributed by atoms with E-state index in [1.54, 1.807) is 0 Å². The van der Waals surface area contributed by atoms with Crippen molar-refractivity contribution in [1.29, 1.82) is 0 Å². The number of halogens is 3. The minimum Gasteiger partial charge on any atom is -0.506 e. The highest BCUT2D eigenvalue weighted by atomic mass is 19.4. The first-order chi connectivity index (χ1) is 9.77. The number of hydrogen-bond donors (Lipinski definition) is 2. The van der Waals surface area contributed by atoms with Gasteiger partial charge in [0.2, 0.25) is 0 Å². The minimum absolute atomic E-state index is 0.0151. The van der Waals surface area contributed by atoms with E-state index >= 15 is 0 Å². The van der Waals surface area contributed by atoms with E-state index in [0.717, 1.165) is 12.3 Å². The molecule has 0 radical (unpaired) electrons. The summed E-state index contributed by atoms with van der Waals surface area (Å²) in [5.41, 5.74) is -0.681. The fraction of sp³-hybridized carbons (Fsp3) is 0.143. The summed E-state index contributed by atoms with van der Waals surface area (Å²) < 4.78 is 38.4. The molecule has 0 saturated carbocycles. The van der Waals surface area contributed by atoms with Gasteiger partial charge in [0.15, 0.2) is 0 Å². The van der Waals surface area contributed by atoms with Crippen LogP contribution in [0.4, 0.5) is 18.9 Å². The highest BCUT2D eigenvalue weighted by Gasteiger charge is 2.32. The Bertz CT molecular complexity index is 684. The van der Waals surface area contributed by atoms with Gasteiger partial charge in [-0.05, 0) is 30.7 Å². The van der Waals surface area contributed by atoms with Gasteiger partial charge in [-0.1, -0.05) is 6.07 Å². The number of aryl methyl sites for hydroxylation is 1. The maximum absolute atomic E-state index is 12.8. The van der Waals surface area contributed by atoms with Gasteiger partial charge in [0.25, 0.3) is 5.91 Å². The molecule has 1 amide bonds. The molecular formula is C14H11F3N2O2. The largest absolute Gasteiger partial charge is 0.506 e. The summed E-state index contributed by atoms with van der Waals surface area (Å²) in [4.78, 5) is 15.5. The van der Waals surface area contributed by atoms with Crippen molar-refractivity contribution in [3.8, 4) is 5.75 Å². The number of pyridine rings is 1. The first kappa shape index (κ1) is 14.8. The zero-order valence-corrected chi connectivity index (χ0v) is 10.9. The molecule has 1 heterocycles. The monoisotopic (exact) mass is 296 g/mol. The van der Waals surface area contributed by atoms with E-state index in [2.05, 4.69) is 10.3 Å². The lowest BCUT2D eigenvalue weighted by Gasteiger charge is -2.12. The molecule has 2 aromatic rings. The summed E-state index contributed by atoms with van der Waals surface area (Å²) in [6.07, 6.45) is -2.14. The summed E-state index contributed by atoms with van der Waals surface area (Å²) in [7, 11) is 0. The van der Waals surface area contributed by atoms with Gasteiger partial charge in [0.1, 0.15) is 5.75 Å². The third kappa shape index (κ3) is 3.50. The lowest BCUT2D eigenvalue weighted by atomic mass is 10.1. The first-order valence-corrected chi connectivity index (χ1v) is 5.90. The predicted molar refractivity (Wildman–Crippen MR) is 70.0 cm³/mol. The van der Waals surface area contributed by atoms with Gasteiger partial charge >= 0.3 is 6.18 Å². The summed E-state index contributed by atoms with van der Waals surface area (Å²) in [6.45, 7) is 1.34. The number of nitrogens with zero attached hydrogens (tertiary/aromatic N) is 1. The van der Waals surface area contributed by atoms with Crippen LogP contribution in [-0.4, -0.2) is 16.0 Å². The maximum Gasteiger partial charge on any atom is 0.416 e. The molecule has 0 atom stereocenters. The fourth-order valence-electron chi connectivity index (χ4n) is 1.76. The molecule has 110 valence electrons. The van der Waals surface area contributed by atoms with Crippen LogP contribution in [0.3, 0.4) is 0 Å². The molecule has 7 heteroatoms. The number of carbonyl (C=O) groups excluding carboxylic acids is 1. The Morgan fingerprint density at radius 2 is 1.95 bits per heavy atom. The van der Waals surface area contributed by atoms with Gasteiger partial charge in [0, 0.05) is 11.9 Å². The third-order valence-electron chi connectivity index (χ3n) is 2.79. The van der Waals surface area contributed by atoms with E-state index in [0.29, 0.717) is 0 Å². The number of nitrogens with one attached hydrogen (secondary N) is 1. The zero-order chi connectivity index (χ0) is 15.6. The number of rotatable bonds is 2. The third-order valence-corrected chi connectivity index (χ3v) is 2.79. The summed E-state index contributed by atoms with van der Waals surface area (Å²) >= 11 is 0. The zero-order valence-electron chi connectivity index (χ0n) is 10.9. The summed E-state index contributed by atoms with van der Waals surface area (Å²) in [6, 6.07) is 4.68.